The summed E-state index contributed by atoms with van der Waals surface area (Å²) >= 11 is 0. The van der Waals surface area contributed by atoms with Crippen LogP contribution in [0.5, 0.6) is 0 Å². The van der Waals surface area contributed by atoms with E-state index >= 15 is 0 Å². The molecule has 3 aromatic rings. The maximum atomic E-state index is 5.54. The second-order valence-corrected chi connectivity index (χ2v) is 10.2. The number of fused-ring (bicyclic) bond motifs is 1. The third-order valence-electron chi connectivity index (χ3n) is 7.97. The van der Waals surface area contributed by atoms with Gasteiger partial charge in [0.25, 0.3) is 0 Å². The highest BCUT2D eigenvalue weighted by atomic mass is 16.5. The van der Waals surface area contributed by atoms with Crippen LogP contribution in [0.4, 0.5) is 17.5 Å². The van der Waals surface area contributed by atoms with Crippen molar-refractivity contribution in [2.45, 2.75) is 70.1 Å². The van der Waals surface area contributed by atoms with Crippen LogP contribution in [0.15, 0.2) is 24.7 Å². The Labute approximate surface area is 212 Å². The SMILES string of the molecule is CCn1ccc2nc(Nc3cnn(C4CCOCC4)c3)nc(N[C@H]3CC[C@H](N4CCOCC4)CC3)c21. The molecular formula is C26H38N8O2. The molecule has 0 atom stereocenters. The molecule has 36 heavy (non-hydrogen) atoms. The van der Waals surface area contributed by atoms with Gasteiger partial charge in [-0.2, -0.15) is 10.1 Å². The molecule has 3 aliphatic rings. The van der Waals surface area contributed by atoms with Crippen molar-refractivity contribution in [1.29, 1.82) is 0 Å². The molecule has 0 aromatic carbocycles. The Kier molecular flexibility index (Phi) is 7.07. The number of nitrogens with one attached hydrogen (secondary N) is 2. The molecule has 3 fully saturated rings. The zero-order valence-corrected chi connectivity index (χ0v) is 21.2. The first-order valence-electron chi connectivity index (χ1n) is 13.6. The number of aryl methyl sites for hydroxylation is 1. The van der Waals surface area contributed by atoms with E-state index in [-0.39, 0.29) is 0 Å². The Morgan fingerprint density at radius 3 is 2.50 bits per heavy atom. The molecule has 2 N–H and O–H groups in total. The molecule has 0 bridgehead atoms. The largest absolute Gasteiger partial charge is 0.381 e. The van der Waals surface area contributed by atoms with Crippen molar-refractivity contribution < 1.29 is 9.47 Å². The summed E-state index contributed by atoms with van der Waals surface area (Å²) in [5.74, 6) is 1.52. The van der Waals surface area contributed by atoms with Gasteiger partial charge in [0.05, 0.1) is 36.7 Å². The predicted molar refractivity (Wildman–Crippen MR) is 140 cm³/mol. The third kappa shape index (κ3) is 5.07. The molecule has 2 aliphatic heterocycles. The van der Waals surface area contributed by atoms with E-state index in [2.05, 4.69) is 50.6 Å². The predicted octanol–water partition coefficient (Wildman–Crippen LogP) is 3.80. The minimum atomic E-state index is 0.390. The van der Waals surface area contributed by atoms with Gasteiger partial charge in [-0.05, 0) is 51.5 Å². The summed E-state index contributed by atoms with van der Waals surface area (Å²) in [6, 6.07) is 3.57. The van der Waals surface area contributed by atoms with Crippen LogP contribution in [0, 0.1) is 0 Å². The highest BCUT2D eigenvalue weighted by Gasteiger charge is 2.28. The Balaban J connectivity index is 1.17. The Morgan fingerprint density at radius 2 is 1.72 bits per heavy atom. The number of nitrogens with zero attached hydrogens (tertiary/aromatic N) is 6. The fourth-order valence-corrected chi connectivity index (χ4v) is 5.93. The highest BCUT2D eigenvalue weighted by molar-refractivity contribution is 5.88. The minimum absolute atomic E-state index is 0.390. The van der Waals surface area contributed by atoms with E-state index in [1.807, 2.05) is 10.9 Å². The van der Waals surface area contributed by atoms with Gasteiger partial charge in [0.15, 0.2) is 5.82 Å². The lowest BCUT2D eigenvalue weighted by Crippen LogP contribution is -2.46. The van der Waals surface area contributed by atoms with E-state index in [0.717, 1.165) is 94.3 Å². The zero-order chi connectivity index (χ0) is 24.3. The van der Waals surface area contributed by atoms with Gasteiger partial charge in [-0.1, -0.05) is 0 Å². The van der Waals surface area contributed by atoms with Crippen LogP contribution in [0.1, 0.15) is 51.5 Å². The lowest BCUT2D eigenvalue weighted by molar-refractivity contribution is 0.00791. The van der Waals surface area contributed by atoms with E-state index in [0.29, 0.717) is 24.1 Å². The summed E-state index contributed by atoms with van der Waals surface area (Å²) in [6.45, 7) is 8.52. The Bertz CT molecular complexity index is 1140. The topological polar surface area (TPSA) is 94.3 Å². The van der Waals surface area contributed by atoms with Gasteiger partial charge in [0.1, 0.15) is 5.52 Å². The van der Waals surface area contributed by atoms with Crippen molar-refractivity contribution in [3.05, 3.63) is 24.7 Å². The van der Waals surface area contributed by atoms with Crippen molar-refractivity contribution in [3.8, 4) is 0 Å². The molecular weight excluding hydrogens is 456 g/mol. The molecule has 1 aliphatic carbocycles. The number of hydrogen-bond acceptors (Lipinski definition) is 8. The number of ether oxygens (including phenoxy) is 2. The third-order valence-corrected chi connectivity index (χ3v) is 7.97. The van der Waals surface area contributed by atoms with E-state index < -0.39 is 0 Å². The van der Waals surface area contributed by atoms with Gasteiger partial charge in [0, 0.05) is 57.3 Å². The number of anilines is 3. The van der Waals surface area contributed by atoms with Crippen molar-refractivity contribution in [1.82, 2.24) is 29.2 Å². The summed E-state index contributed by atoms with van der Waals surface area (Å²) in [7, 11) is 0. The highest BCUT2D eigenvalue weighted by Crippen LogP contribution is 2.30. The molecule has 5 heterocycles. The van der Waals surface area contributed by atoms with Gasteiger partial charge in [-0.25, -0.2) is 4.98 Å². The zero-order valence-electron chi connectivity index (χ0n) is 21.2. The lowest BCUT2D eigenvalue weighted by Gasteiger charge is -2.39. The second-order valence-electron chi connectivity index (χ2n) is 10.2. The van der Waals surface area contributed by atoms with E-state index in [4.69, 9.17) is 19.4 Å². The van der Waals surface area contributed by atoms with Crippen LogP contribution < -0.4 is 10.6 Å². The Morgan fingerprint density at radius 1 is 0.944 bits per heavy atom. The van der Waals surface area contributed by atoms with Crippen LogP contribution >= 0.6 is 0 Å². The fraction of sp³-hybridized carbons (Fsp3) is 0.654. The van der Waals surface area contributed by atoms with Crippen molar-refractivity contribution >= 4 is 28.5 Å². The molecule has 3 aromatic heterocycles. The van der Waals surface area contributed by atoms with Crippen LogP contribution in [0.2, 0.25) is 0 Å². The van der Waals surface area contributed by atoms with Crippen LogP contribution in [-0.4, -0.2) is 80.8 Å². The second kappa shape index (κ2) is 10.7. The van der Waals surface area contributed by atoms with Crippen LogP contribution in [0.25, 0.3) is 11.0 Å². The average molecular weight is 495 g/mol. The normalized spacial score (nSPS) is 24.2. The van der Waals surface area contributed by atoms with E-state index in [1.54, 1.807) is 0 Å². The van der Waals surface area contributed by atoms with Gasteiger partial charge >= 0.3 is 0 Å². The number of hydrogen-bond donors (Lipinski definition) is 2. The molecule has 194 valence electrons. The summed E-state index contributed by atoms with van der Waals surface area (Å²) < 4.78 is 15.3. The lowest BCUT2D eigenvalue weighted by atomic mass is 9.90. The summed E-state index contributed by atoms with van der Waals surface area (Å²) in [5.41, 5.74) is 2.94. The molecule has 2 saturated heterocycles. The smallest absolute Gasteiger partial charge is 0.229 e. The van der Waals surface area contributed by atoms with Crippen LogP contribution in [0.3, 0.4) is 0 Å². The quantitative estimate of drug-likeness (QED) is 0.512. The van der Waals surface area contributed by atoms with Gasteiger partial charge in [0.2, 0.25) is 5.95 Å². The molecule has 6 rings (SSSR count). The monoisotopic (exact) mass is 494 g/mol. The van der Waals surface area contributed by atoms with Gasteiger partial charge < -0.3 is 24.7 Å². The molecule has 1 saturated carbocycles. The fourth-order valence-electron chi connectivity index (χ4n) is 5.93. The summed E-state index contributed by atoms with van der Waals surface area (Å²) in [4.78, 5) is 12.4. The average Bonchev–Trinajstić information content (AvgIpc) is 3.57. The minimum Gasteiger partial charge on any atom is -0.381 e. The molecule has 0 spiro atoms. The number of morpholine rings is 1. The molecule has 0 radical (unpaired) electrons. The van der Waals surface area contributed by atoms with Gasteiger partial charge in [-0.15, -0.1) is 0 Å². The van der Waals surface area contributed by atoms with Crippen molar-refractivity contribution in [3.63, 3.8) is 0 Å². The van der Waals surface area contributed by atoms with Crippen molar-refractivity contribution in [2.75, 3.05) is 50.2 Å². The van der Waals surface area contributed by atoms with E-state index in [1.165, 1.54) is 12.8 Å². The maximum Gasteiger partial charge on any atom is 0.229 e. The first kappa shape index (κ1) is 23.7. The summed E-state index contributed by atoms with van der Waals surface area (Å²) in [5, 5.41) is 11.8. The first-order valence-corrected chi connectivity index (χ1v) is 13.6. The maximum absolute atomic E-state index is 5.54. The summed E-state index contributed by atoms with van der Waals surface area (Å²) in [6.07, 6.45) is 12.8. The van der Waals surface area contributed by atoms with E-state index in [9.17, 15) is 0 Å². The first-order chi connectivity index (χ1) is 17.8. The molecule has 10 heteroatoms. The Hall–Kier alpha value is -2.69. The number of aromatic nitrogens is 5. The molecule has 10 nitrogen and oxygen atoms in total. The molecule has 0 amide bonds. The van der Waals surface area contributed by atoms with Gasteiger partial charge in [-0.3, -0.25) is 9.58 Å². The van der Waals surface area contributed by atoms with Crippen molar-refractivity contribution in [2.24, 2.45) is 0 Å². The van der Waals surface area contributed by atoms with Crippen LogP contribution in [-0.2, 0) is 16.0 Å². The standard InChI is InChI=1S/C26H38N8O2/c1-2-32-10-7-23-24(32)25(28-19-3-5-21(6-4-19)33-11-15-36-16-12-33)31-26(30-23)29-20-17-27-34(18-20)22-8-13-35-14-9-22/h7,10,17-19,21-22H,2-6,8-9,11-16H2,1H3,(H2,28,29,30,31)/t19-,21-. The number of rotatable bonds is 7. The molecule has 0 unspecified atom stereocenters.